The van der Waals surface area contributed by atoms with Gasteiger partial charge in [-0.1, -0.05) is 47.6 Å². The lowest BCUT2D eigenvalue weighted by atomic mass is 10.2. The topological polar surface area (TPSA) is 87.4 Å². The van der Waals surface area contributed by atoms with Crippen molar-refractivity contribution in [1.29, 1.82) is 0 Å². The Morgan fingerprint density at radius 1 is 1.09 bits per heavy atom. The van der Waals surface area contributed by atoms with Crippen molar-refractivity contribution >= 4 is 23.6 Å². The van der Waals surface area contributed by atoms with E-state index in [-0.39, 0.29) is 5.70 Å². The van der Waals surface area contributed by atoms with Crippen LogP contribution in [0.2, 0.25) is 0 Å². The van der Waals surface area contributed by atoms with Crippen LogP contribution in [0.4, 0.5) is 5.69 Å². The van der Waals surface area contributed by atoms with Crippen molar-refractivity contribution in [2.45, 2.75) is 0 Å². The lowest BCUT2D eigenvalue weighted by Crippen LogP contribution is -2.04. The second kappa shape index (κ2) is 5.95. The Bertz CT molecular complexity index is 817. The molecule has 0 aromatic heterocycles. The maximum absolute atomic E-state index is 11.9. The minimum atomic E-state index is -0.488. The molecule has 0 amide bonds. The summed E-state index contributed by atoms with van der Waals surface area (Å²) < 4.78 is 5.17. The zero-order chi connectivity index (χ0) is 15.4. The number of esters is 1. The molecule has 0 spiro atoms. The van der Waals surface area contributed by atoms with Crippen molar-refractivity contribution < 1.29 is 9.53 Å². The summed E-state index contributed by atoms with van der Waals surface area (Å²) in [7, 11) is 0. The molecule has 0 saturated carbocycles. The van der Waals surface area contributed by atoms with Crippen molar-refractivity contribution in [3.05, 3.63) is 81.9 Å². The molecule has 0 aliphatic carbocycles. The van der Waals surface area contributed by atoms with Crippen LogP contribution in [0, 0.1) is 0 Å². The molecule has 0 bridgehead atoms. The van der Waals surface area contributed by atoms with Crippen LogP contribution in [0.15, 0.2) is 70.4 Å². The predicted molar refractivity (Wildman–Crippen MR) is 82.3 cm³/mol. The molecule has 1 aliphatic heterocycles. The number of hydrogen-bond acceptors (Lipinski definition) is 4. The highest BCUT2D eigenvalue weighted by Crippen LogP contribution is 2.20. The highest BCUT2D eigenvalue weighted by atomic mass is 16.6. The first-order chi connectivity index (χ1) is 10.8. The van der Waals surface area contributed by atoms with Crippen molar-refractivity contribution in [2.24, 2.45) is 10.1 Å². The van der Waals surface area contributed by atoms with Gasteiger partial charge in [-0.2, -0.15) is 0 Å². The van der Waals surface area contributed by atoms with Crippen LogP contribution in [0.3, 0.4) is 0 Å². The first kappa shape index (κ1) is 13.6. The molecule has 1 aliphatic rings. The molecular weight excluding hydrogens is 280 g/mol. The van der Waals surface area contributed by atoms with E-state index >= 15 is 0 Å². The normalized spacial score (nSPS) is 15.2. The summed E-state index contributed by atoms with van der Waals surface area (Å²) in [4.78, 5) is 18.8. The van der Waals surface area contributed by atoms with E-state index in [1.165, 1.54) is 0 Å². The maximum atomic E-state index is 11.9. The SMILES string of the molecule is [N-]=[N+]=Nc1ccc(/C=C2/N=C(c3ccccc3)OC2=O)cc1. The van der Waals surface area contributed by atoms with Gasteiger partial charge in [-0.05, 0) is 29.3 Å². The zero-order valence-corrected chi connectivity index (χ0v) is 11.4. The Balaban J connectivity index is 1.89. The van der Waals surface area contributed by atoms with E-state index in [0.29, 0.717) is 11.6 Å². The van der Waals surface area contributed by atoms with Gasteiger partial charge in [-0.3, -0.25) is 0 Å². The molecule has 3 rings (SSSR count). The zero-order valence-electron chi connectivity index (χ0n) is 11.4. The summed E-state index contributed by atoms with van der Waals surface area (Å²) in [6.45, 7) is 0. The number of carbonyl (C=O) groups excluding carboxylic acids is 1. The van der Waals surface area contributed by atoms with Crippen LogP contribution in [0.5, 0.6) is 0 Å². The molecule has 2 aromatic rings. The van der Waals surface area contributed by atoms with Crippen LogP contribution in [0.1, 0.15) is 11.1 Å². The van der Waals surface area contributed by atoms with Crippen molar-refractivity contribution in [3.8, 4) is 0 Å². The van der Waals surface area contributed by atoms with E-state index in [1.54, 1.807) is 30.3 Å². The third-order valence-corrected chi connectivity index (χ3v) is 3.00. The summed E-state index contributed by atoms with van der Waals surface area (Å²) in [6, 6.07) is 16.0. The minimum absolute atomic E-state index is 0.232. The lowest BCUT2D eigenvalue weighted by Gasteiger charge is -1.97. The molecule has 0 fully saturated rings. The second-order valence-electron chi connectivity index (χ2n) is 4.48. The third kappa shape index (κ3) is 2.87. The van der Waals surface area contributed by atoms with Gasteiger partial charge in [-0.25, -0.2) is 9.79 Å². The number of cyclic esters (lactones) is 1. The standard InChI is InChI=1S/C16H10N4O2/c17-20-19-13-8-6-11(7-9-13)10-14-16(21)22-15(18-14)12-4-2-1-3-5-12/h1-10H/b14-10+. The Kier molecular flexibility index (Phi) is 3.68. The summed E-state index contributed by atoms with van der Waals surface area (Å²) in [5, 5.41) is 3.49. The van der Waals surface area contributed by atoms with Crippen LogP contribution >= 0.6 is 0 Å². The van der Waals surface area contributed by atoms with Gasteiger partial charge in [0.25, 0.3) is 0 Å². The van der Waals surface area contributed by atoms with Crippen LogP contribution in [-0.2, 0) is 9.53 Å². The molecule has 106 valence electrons. The first-order valence-electron chi connectivity index (χ1n) is 6.49. The fraction of sp³-hybridized carbons (Fsp3) is 0. The molecule has 1 heterocycles. The summed E-state index contributed by atoms with van der Waals surface area (Å²) in [5.74, 6) is -0.194. The van der Waals surface area contributed by atoms with Gasteiger partial charge in [0.05, 0.1) is 0 Å². The Morgan fingerprint density at radius 3 is 2.50 bits per heavy atom. The first-order valence-corrected chi connectivity index (χ1v) is 6.49. The smallest absolute Gasteiger partial charge is 0.363 e. The second-order valence-corrected chi connectivity index (χ2v) is 4.48. The summed E-state index contributed by atoms with van der Waals surface area (Å²) in [5.41, 5.74) is 10.6. The summed E-state index contributed by atoms with van der Waals surface area (Å²) >= 11 is 0. The van der Waals surface area contributed by atoms with Gasteiger partial charge in [0, 0.05) is 16.2 Å². The summed E-state index contributed by atoms with van der Waals surface area (Å²) in [6.07, 6.45) is 1.62. The van der Waals surface area contributed by atoms with Crippen molar-refractivity contribution in [2.75, 3.05) is 0 Å². The van der Waals surface area contributed by atoms with Crippen molar-refractivity contribution in [1.82, 2.24) is 0 Å². The molecule has 6 heteroatoms. The van der Waals surface area contributed by atoms with E-state index < -0.39 is 5.97 Å². The van der Waals surface area contributed by atoms with E-state index in [4.69, 9.17) is 10.3 Å². The Hall–Kier alpha value is -3.37. The molecule has 6 nitrogen and oxygen atoms in total. The third-order valence-electron chi connectivity index (χ3n) is 3.00. The predicted octanol–water partition coefficient (Wildman–Crippen LogP) is 3.97. The van der Waals surface area contributed by atoms with E-state index in [0.717, 1.165) is 11.1 Å². The van der Waals surface area contributed by atoms with E-state index in [2.05, 4.69) is 15.0 Å². The average Bonchev–Trinajstić information content (AvgIpc) is 2.91. The fourth-order valence-electron chi connectivity index (χ4n) is 1.96. The Morgan fingerprint density at radius 2 is 1.82 bits per heavy atom. The average molecular weight is 290 g/mol. The molecule has 0 unspecified atom stereocenters. The van der Waals surface area contributed by atoms with Gasteiger partial charge >= 0.3 is 5.97 Å². The molecule has 0 saturated heterocycles. The number of azide groups is 1. The fourth-order valence-corrected chi connectivity index (χ4v) is 1.96. The monoisotopic (exact) mass is 290 g/mol. The molecule has 0 radical (unpaired) electrons. The van der Waals surface area contributed by atoms with Gasteiger partial charge < -0.3 is 4.74 Å². The number of carbonyl (C=O) groups is 1. The van der Waals surface area contributed by atoms with Crippen LogP contribution in [-0.4, -0.2) is 11.9 Å². The van der Waals surface area contributed by atoms with E-state index in [1.807, 2.05) is 30.3 Å². The van der Waals surface area contributed by atoms with E-state index in [9.17, 15) is 4.79 Å². The largest absolute Gasteiger partial charge is 0.402 e. The molecule has 0 atom stereocenters. The molecular formula is C16H10N4O2. The number of ether oxygens (including phenoxy) is 1. The highest BCUT2D eigenvalue weighted by molar-refractivity contribution is 6.12. The van der Waals surface area contributed by atoms with Gasteiger partial charge in [-0.15, -0.1) is 0 Å². The number of nitrogens with zero attached hydrogens (tertiary/aromatic N) is 4. The van der Waals surface area contributed by atoms with Crippen LogP contribution in [0.25, 0.3) is 16.5 Å². The quantitative estimate of drug-likeness (QED) is 0.281. The van der Waals surface area contributed by atoms with Gasteiger partial charge in [0.15, 0.2) is 5.70 Å². The lowest BCUT2D eigenvalue weighted by molar-refractivity contribution is -0.129. The number of hydrogen-bond donors (Lipinski definition) is 0. The van der Waals surface area contributed by atoms with Crippen LogP contribution < -0.4 is 0 Å². The minimum Gasteiger partial charge on any atom is -0.402 e. The number of aliphatic imine (C=N–C) groups is 1. The molecule has 0 N–H and O–H groups in total. The van der Waals surface area contributed by atoms with Crippen molar-refractivity contribution in [3.63, 3.8) is 0 Å². The molecule has 2 aromatic carbocycles. The number of rotatable bonds is 3. The van der Waals surface area contributed by atoms with Gasteiger partial charge in [0.2, 0.25) is 5.90 Å². The Labute approximate surface area is 126 Å². The molecule has 22 heavy (non-hydrogen) atoms. The maximum Gasteiger partial charge on any atom is 0.363 e. The highest BCUT2D eigenvalue weighted by Gasteiger charge is 2.23. The number of benzene rings is 2. The van der Waals surface area contributed by atoms with Gasteiger partial charge in [0.1, 0.15) is 0 Å².